The number of halogens is 2. The molecule has 3 rings (SSSR count). The van der Waals surface area contributed by atoms with Crippen LogP contribution in [0.25, 0.3) is 0 Å². The molecule has 0 bridgehead atoms. The highest BCUT2D eigenvalue weighted by molar-refractivity contribution is 7.89. The maximum absolute atomic E-state index is 13.2. The number of fused-ring (bicyclic) bond motifs is 1. The number of nitrogens with zero attached hydrogens (tertiary/aromatic N) is 1. The van der Waals surface area contributed by atoms with Gasteiger partial charge in [-0.15, -0.1) is 0 Å². The average Bonchev–Trinajstić information content (AvgIpc) is 2.82. The van der Waals surface area contributed by atoms with Crippen molar-refractivity contribution >= 4 is 10.0 Å². The fourth-order valence-electron chi connectivity index (χ4n) is 3.03. The lowest BCUT2D eigenvalue weighted by Crippen LogP contribution is -2.41. The van der Waals surface area contributed by atoms with Crippen LogP contribution in [0.1, 0.15) is 12.8 Å². The van der Waals surface area contributed by atoms with Gasteiger partial charge in [0.25, 0.3) is 0 Å². The summed E-state index contributed by atoms with van der Waals surface area (Å²) in [5.41, 5.74) is 0. The Morgan fingerprint density at radius 1 is 1.15 bits per heavy atom. The molecule has 0 aromatic heterocycles. The molecule has 2 aliphatic rings. The van der Waals surface area contributed by atoms with E-state index in [-0.39, 0.29) is 16.9 Å². The van der Waals surface area contributed by atoms with Crippen LogP contribution in [-0.2, 0) is 10.0 Å². The summed E-state index contributed by atoms with van der Waals surface area (Å²) in [7, 11) is -3.83. The molecule has 2 atom stereocenters. The van der Waals surface area contributed by atoms with E-state index < -0.39 is 21.7 Å². The molecule has 2 saturated heterocycles. The minimum Gasteiger partial charge on any atom is -0.312 e. The molecule has 1 aromatic rings. The van der Waals surface area contributed by atoms with E-state index in [1.807, 2.05) is 0 Å². The predicted octanol–water partition coefficient (Wildman–Crippen LogP) is 1.34. The largest absolute Gasteiger partial charge is 0.312 e. The third-order valence-electron chi connectivity index (χ3n) is 4.04. The molecule has 2 aliphatic heterocycles. The second kappa shape index (κ2) is 5.05. The third kappa shape index (κ3) is 2.45. The molecule has 7 heteroatoms. The molecule has 4 nitrogen and oxygen atoms in total. The van der Waals surface area contributed by atoms with Gasteiger partial charge in [-0.25, -0.2) is 17.2 Å². The van der Waals surface area contributed by atoms with Gasteiger partial charge in [0, 0.05) is 25.2 Å². The number of hydrogen-bond donors (Lipinski definition) is 1. The molecule has 2 heterocycles. The number of benzene rings is 1. The van der Waals surface area contributed by atoms with E-state index in [9.17, 15) is 17.2 Å². The number of rotatable bonds is 2. The highest BCUT2D eigenvalue weighted by Gasteiger charge is 2.40. The first-order valence-corrected chi connectivity index (χ1v) is 8.10. The lowest BCUT2D eigenvalue weighted by molar-refractivity contribution is 0.339. The van der Waals surface area contributed by atoms with Crippen molar-refractivity contribution in [3.8, 4) is 0 Å². The molecule has 0 saturated carbocycles. The highest BCUT2D eigenvalue weighted by Crippen LogP contribution is 2.29. The summed E-state index contributed by atoms with van der Waals surface area (Å²) in [6.07, 6.45) is 2.02. The summed E-state index contributed by atoms with van der Waals surface area (Å²) >= 11 is 0. The SMILES string of the molecule is O=S(=O)(c1cc(F)cc(F)c1)N1C[C@@H]2CCCN[C@@H]2C1. The lowest BCUT2D eigenvalue weighted by Gasteiger charge is -2.24. The average molecular weight is 302 g/mol. The van der Waals surface area contributed by atoms with Crippen LogP contribution >= 0.6 is 0 Å². The van der Waals surface area contributed by atoms with Crippen molar-refractivity contribution in [2.45, 2.75) is 23.8 Å². The first kappa shape index (κ1) is 13.9. The molecule has 0 radical (unpaired) electrons. The van der Waals surface area contributed by atoms with E-state index in [0.717, 1.165) is 31.5 Å². The van der Waals surface area contributed by atoms with Gasteiger partial charge >= 0.3 is 0 Å². The molecule has 0 aliphatic carbocycles. The Balaban J connectivity index is 1.88. The maximum atomic E-state index is 13.2. The summed E-state index contributed by atoms with van der Waals surface area (Å²) in [6.45, 7) is 1.67. The molecule has 1 aromatic carbocycles. The normalized spacial score (nSPS) is 27.5. The van der Waals surface area contributed by atoms with Crippen LogP contribution in [-0.4, -0.2) is 38.4 Å². The van der Waals surface area contributed by atoms with Crippen molar-refractivity contribution in [2.75, 3.05) is 19.6 Å². The zero-order valence-electron chi connectivity index (χ0n) is 10.9. The second-order valence-electron chi connectivity index (χ2n) is 5.39. The summed E-state index contributed by atoms with van der Waals surface area (Å²) in [6, 6.07) is 2.56. The Bertz CT molecular complexity index is 587. The molecule has 110 valence electrons. The zero-order chi connectivity index (χ0) is 14.3. The fraction of sp³-hybridized carbons (Fsp3) is 0.538. The van der Waals surface area contributed by atoms with Crippen molar-refractivity contribution < 1.29 is 17.2 Å². The molecule has 0 amide bonds. The molecular weight excluding hydrogens is 286 g/mol. The monoisotopic (exact) mass is 302 g/mol. The van der Waals surface area contributed by atoms with Crippen LogP contribution in [0.15, 0.2) is 23.1 Å². The standard InChI is InChI=1S/C13H16F2N2O2S/c14-10-4-11(15)6-12(5-10)20(18,19)17-7-9-2-1-3-16-13(9)8-17/h4-6,9,13,16H,1-3,7-8H2/t9-,13+/m0/s1. The summed E-state index contributed by atoms with van der Waals surface area (Å²) in [4.78, 5) is -0.311. The predicted molar refractivity (Wildman–Crippen MR) is 69.6 cm³/mol. The van der Waals surface area contributed by atoms with Crippen LogP contribution in [0, 0.1) is 17.6 Å². The van der Waals surface area contributed by atoms with Gasteiger partial charge in [0.2, 0.25) is 10.0 Å². The van der Waals surface area contributed by atoms with Crippen LogP contribution < -0.4 is 5.32 Å². The molecule has 20 heavy (non-hydrogen) atoms. The maximum Gasteiger partial charge on any atom is 0.243 e. The van der Waals surface area contributed by atoms with Gasteiger partial charge in [0.15, 0.2) is 0 Å². The topological polar surface area (TPSA) is 49.4 Å². The van der Waals surface area contributed by atoms with Crippen LogP contribution in [0.4, 0.5) is 8.78 Å². The number of nitrogens with one attached hydrogen (secondary N) is 1. The Labute approximate surface area is 116 Å². The van der Waals surface area contributed by atoms with E-state index in [0.29, 0.717) is 19.2 Å². The Kier molecular flexibility index (Phi) is 3.51. The summed E-state index contributed by atoms with van der Waals surface area (Å²) < 4.78 is 52.6. The van der Waals surface area contributed by atoms with Gasteiger partial charge in [-0.05, 0) is 37.4 Å². The third-order valence-corrected chi connectivity index (χ3v) is 5.85. The first-order chi connectivity index (χ1) is 9.46. The van der Waals surface area contributed by atoms with Crippen molar-refractivity contribution in [3.05, 3.63) is 29.8 Å². The smallest absolute Gasteiger partial charge is 0.243 e. The van der Waals surface area contributed by atoms with Crippen LogP contribution in [0.5, 0.6) is 0 Å². The van der Waals surface area contributed by atoms with Gasteiger partial charge in [-0.3, -0.25) is 0 Å². The van der Waals surface area contributed by atoms with E-state index in [1.54, 1.807) is 0 Å². The van der Waals surface area contributed by atoms with Crippen LogP contribution in [0.3, 0.4) is 0 Å². The Morgan fingerprint density at radius 2 is 1.85 bits per heavy atom. The fourth-order valence-corrected chi connectivity index (χ4v) is 4.60. The Hall–Kier alpha value is -1.05. The minimum atomic E-state index is -3.83. The first-order valence-electron chi connectivity index (χ1n) is 6.66. The van der Waals surface area contributed by atoms with Crippen molar-refractivity contribution in [1.29, 1.82) is 0 Å². The molecular formula is C13H16F2N2O2S. The van der Waals surface area contributed by atoms with Crippen molar-refractivity contribution in [2.24, 2.45) is 5.92 Å². The minimum absolute atomic E-state index is 0.150. The molecule has 1 N–H and O–H groups in total. The quantitative estimate of drug-likeness (QED) is 0.897. The molecule has 0 spiro atoms. The van der Waals surface area contributed by atoms with E-state index in [4.69, 9.17) is 0 Å². The van der Waals surface area contributed by atoms with Crippen LogP contribution in [0.2, 0.25) is 0 Å². The van der Waals surface area contributed by atoms with Gasteiger partial charge in [-0.1, -0.05) is 0 Å². The number of piperidine rings is 1. The van der Waals surface area contributed by atoms with Gasteiger partial charge in [-0.2, -0.15) is 4.31 Å². The van der Waals surface area contributed by atoms with Gasteiger partial charge in [0.05, 0.1) is 4.90 Å². The molecule has 2 fully saturated rings. The number of hydrogen-bond acceptors (Lipinski definition) is 3. The van der Waals surface area contributed by atoms with Crippen molar-refractivity contribution in [1.82, 2.24) is 9.62 Å². The zero-order valence-corrected chi connectivity index (χ0v) is 11.7. The van der Waals surface area contributed by atoms with Crippen molar-refractivity contribution in [3.63, 3.8) is 0 Å². The Morgan fingerprint density at radius 3 is 2.50 bits per heavy atom. The summed E-state index contributed by atoms with van der Waals surface area (Å²) in [5.74, 6) is -1.46. The van der Waals surface area contributed by atoms with Gasteiger partial charge in [0.1, 0.15) is 11.6 Å². The van der Waals surface area contributed by atoms with E-state index in [2.05, 4.69) is 5.32 Å². The lowest BCUT2D eigenvalue weighted by atomic mass is 9.94. The second-order valence-corrected chi connectivity index (χ2v) is 7.33. The number of sulfonamides is 1. The molecule has 0 unspecified atom stereocenters. The van der Waals surface area contributed by atoms with E-state index >= 15 is 0 Å². The van der Waals surface area contributed by atoms with Gasteiger partial charge < -0.3 is 5.32 Å². The summed E-state index contributed by atoms with van der Waals surface area (Å²) in [5, 5.41) is 3.30. The van der Waals surface area contributed by atoms with E-state index in [1.165, 1.54) is 4.31 Å². The highest BCUT2D eigenvalue weighted by atomic mass is 32.2.